The zero-order chi connectivity index (χ0) is 24.3. The summed E-state index contributed by atoms with van der Waals surface area (Å²) in [5.74, 6) is -0.414. The van der Waals surface area contributed by atoms with E-state index in [2.05, 4.69) is 5.32 Å². The molecule has 3 aromatic rings. The number of anilines is 2. The summed E-state index contributed by atoms with van der Waals surface area (Å²) in [7, 11) is -2.78. The highest BCUT2D eigenvalue weighted by Gasteiger charge is 2.30. The van der Waals surface area contributed by atoms with E-state index >= 15 is 0 Å². The molecule has 0 fully saturated rings. The molecule has 9 heteroatoms. The zero-order valence-corrected chi connectivity index (χ0v) is 21.0. The van der Waals surface area contributed by atoms with Crippen LogP contribution >= 0.6 is 23.2 Å². The highest BCUT2D eigenvalue weighted by molar-refractivity contribution is 7.93. The monoisotopic (exact) mass is 506 g/mol. The van der Waals surface area contributed by atoms with Gasteiger partial charge in [0.25, 0.3) is 10.0 Å². The molecular formula is C24H24Cl2N2O4S. The number of amides is 1. The number of hydrogen-bond acceptors (Lipinski definition) is 4. The third-order valence-electron chi connectivity index (χ3n) is 5.18. The van der Waals surface area contributed by atoms with Crippen molar-refractivity contribution < 1.29 is 17.9 Å². The van der Waals surface area contributed by atoms with Crippen molar-refractivity contribution in [1.82, 2.24) is 0 Å². The summed E-state index contributed by atoms with van der Waals surface area (Å²) in [6, 6.07) is 14.9. The van der Waals surface area contributed by atoms with Crippen LogP contribution in [-0.2, 0) is 14.8 Å². The van der Waals surface area contributed by atoms with E-state index in [9.17, 15) is 13.2 Å². The molecule has 3 aromatic carbocycles. The molecule has 0 aromatic heterocycles. The average Bonchev–Trinajstić information content (AvgIpc) is 2.76. The number of carbonyl (C=O) groups is 1. The Kier molecular flexibility index (Phi) is 7.57. The predicted molar refractivity (Wildman–Crippen MR) is 133 cm³/mol. The van der Waals surface area contributed by atoms with Crippen LogP contribution in [0.3, 0.4) is 0 Å². The maximum absolute atomic E-state index is 13.8. The molecule has 1 N–H and O–H groups in total. The molecule has 174 valence electrons. The summed E-state index contributed by atoms with van der Waals surface area (Å²) < 4.78 is 34.0. The van der Waals surface area contributed by atoms with Crippen LogP contribution in [0.5, 0.6) is 5.75 Å². The largest absolute Gasteiger partial charge is 0.495 e. The van der Waals surface area contributed by atoms with Crippen LogP contribution in [0.1, 0.15) is 16.7 Å². The van der Waals surface area contributed by atoms with Crippen molar-refractivity contribution in [3.05, 3.63) is 81.3 Å². The van der Waals surface area contributed by atoms with Crippen molar-refractivity contribution >= 4 is 50.5 Å². The molecule has 0 heterocycles. The van der Waals surface area contributed by atoms with Gasteiger partial charge in [-0.2, -0.15) is 0 Å². The van der Waals surface area contributed by atoms with Gasteiger partial charge in [-0.05, 0) is 73.9 Å². The maximum Gasteiger partial charge on any atom is 0.268 e. The summed E-state index contributed by atoms with van der Waals surface area (Å²) in [6.07, 6.45) is 0. The topological polar surface area (TPSA) is 75.7 Å². The molecule has 0 bridgehead atoms. The fraction of sp³-hybridized carbons (Fsp3) is 0.208. The minimum atomic E-state index is -4.18. The van der Waals surface area contributed by atoms with E-state index in [1.807, 2.05) is 19.9 Å². The van der Waals surface area contributed by atoms with Crippen LogP contribution < -0.4 is 14.4 Å². The van der Waals surface area contributed by atoms with E-state index in [4.69, 9.17) is 27.9 Å². The number of sulfonamides is 1. The molecular weight excluding hydrogens is 483 g/mol. The number of hydrogen-bond donors (Lipinski definition) is 1. The van der Waals surface area contributed by atoms with Crippen LogP contribution in [0.15, 0.2) is 59.5 Å². The fourth-order valence-corrected chi connectivity index (χ4v) is 5.37. The molecule has 0 spiro atoms. The second-order valence-corrected chi connectivity index (χ2v) is 10.2. The van der Waals surface area contributed by atoms with Crippen LogP contribution in [0.2, 0.25) is 10.0 Å². The van der Waals surface area contributed by atoms with Crippen LogP contribution in [0.4, 0.5) is 11.4 Å². The normalized spacial score (nSPS) is 11.2. The van der Waals surface area contributed by atoms with Gasteiger partial charge >= 0.3 is 0 Å². The standard InChI is InChI=1S/C24H24Cl2N2O4S/c1-15-8-11-21(32-4)22(12-15)33(30,31)28(18-10-9-16(2)17(3)13-18)14-23(29)27-24-19(25)6-5-7-20(24)26/h5-13H,14H2,1-4H3,(H,27,29). The van der Waals surface area contributed by atoms with Gasteiger partial charge in [-0.1, -0.05) is 41.4 Å². The molecule has 0 unspecified atom stereocenters. The minimum absolute atomic E-state index is 0.0354. The van der Waals surface area contributed by atoms with Crippen molar-refractivity contribution in [2.45, 2.75) is 25.7 Å². The van der Waals surface area contributed by atoms with Gasteiger partial charge in [0.05, 0.1) is 28.5 Å². The molecule has 0 aliphatic rings. The van der Waals surface area contributed by atoms with Gasteiger partial charge in [-0.15, -0.1) is 0 Å². The van der Waals surface area contributed by atoms with Gasteiger partial charge in [-0.3, -0.25) is 9.10 Å². The van der Waals surface area contributed by atoms with E-state index in [1.54, 1.807) is 49.4 Å². The predicted octanol–water partition coefficient (Wildman–Crippen LogP) is 5.76. The van der Waals surface area contributed by atoms with Crippen LogP contribution in [0.25, 0.3) is 0 Å². The number of nitrogens with one attached hydrogen (secondary N) is 1. The lowest BCUT2D eigenvalue weighted by Crippen LogP contribution is -2.38. The van der Waals surface area contributed by atoms with Gasteiger partial charge in [-0.25, -0.2) is 8.42 Å². The van der Waals surface area contributed by atoms with Gasteiger partial charge < -0.3 is 10.1 Å². The Balaban J connectivity index is 2.08. The Bertz CT molecular complexity index is 1290. The summed E-state index contributed by atoms with van der Waals surface area (Å²) in [4.78, 5) is 13.0. The first-order valence-electron chi connectivity index (χ1n) is 10.0. The van der Waals surface area contributed by atoms with Crippen molar-refractivity contribution in [3.63, 3.8) is 0 Å². The van der Waals surface area contributed by atoms with Crippen molar-refractivity contribution in [1.29, 1.82) is 0 Å². The third kappa shape index (κ3) is 5.43. The summed E-state index contributed by atoms with van der Waals surface area (Å²) >= 11 is 12.3. The SMILES string of the molecule is COc1ccc(C)cc1S(=O)(=O)N(CC(=O)Nc1c(Cl)cccc1Cl)c1ccc(C)c(C)c1. The van der Waals surface area contributed by atoms with Crippen molar-refractivity contribution in [2.24, 2.45) is 0 Å². The number of ether oxygens (including phenoxy) is 1. The lowest BCUT2D eigenvalue weighted by molar-refractivity contribution is -0.114. The maximum atomic E-state index is 13.8. The average molecular weight is 507 g/mol. The number of rotatable bonds is 7. The third-order valence-corrected chi connectivity index (χ3v) is 7.61. The highest BCUT2D eigenvalue weighted by atomic mass is 35.5. The van der Waals surface area contributed by atoms with E-state index in [0.717, 1.165) is 21.0 Å². The molecule has 0 saturated heterocycles. The molecule has 3 rings (SSSR count). The summed E-state index contributed by atoms with van der Waals surface area (Å²) in [6.45, 7) is 5.09. The molecule has 6 nitrogen and oxygen atoms in total. The second kappa shape index (κ2) is 10.0. The molecule has 1 amide bonds. The lowest BCUT2D eigenvalue weighted by Gasteiger charge is -2.26. The number of halogens is 2. The van der Waals surface area contributed by atoms with Gasteiger partial charge in [0, 0.05) is 0 Å². The highest BCUT2D eigenvalue weighted by Crippen LogP contribution is 2.33. The first-order valence-corrected chi connectivity index (χ1v) is 12.2. The summed E-state index contributed by atoms with van der Waals surface area (Å²) in [5.41, 5.74) is 3.19. The molecule has 0 atom stereocenters. The van der Waals surface area contributed by atoms with E-state index in [1.165, 1.54) is 13.2 Å². The second-order valence-electron chi connectivity index (χ2n) is 7.58. The molecule has 0 aliphatic carbocycles. The van der Waals surface area contributed by atoms with E-state index < -0.39 is 22.5 Å². The Hall–Kier alpha value is -2.74. The first-order chi connectivity index (χ1) is 15.5. The van der Waals surface area contributed by atoms with Gasteiger partial charge in [0.2, 0.25) is 5.91 Å². The van der Waals surface area contributed by atoms with Crippen LogP contribution in [-0.4, -0.2) is 28.0 Å². The van der Waals surface area contributed by atoms with Crippen molar-refractivity contribution in [2.75, 3.05) is 23.3 Å². The van der Waals surface area contributed by atoms with Gasteiger partial charge in [0.1, 0.15) is 17.2 Å². The zero-order valence-electron chi connectivity index (χ0n) is 18.6. The molecule has 0 radical (unpaired) electrons. The number of para-hydroxylation sites is 1. The van der Waals surface area contributed by atoms with Crippen LogP contribution in [0, 0.1) is 20.8 Å². The van der Waals surface area contributed by atoms with Crippen molar-refractivity contribution in [3.8, 4) is 5.75 Å². The molecule has 0 saturated carbocycles. The smallest absolute Gasteiger partial charge is 0.268 e. The number of nitrogens with zero attached hydrogens (tertiary/aromatic N) is 1. The fourth-order valence-electron chi connectivity index (χ4n) is 3.23. The van der Waals surface area contributed by atoms with E-state index in [0.29, 0.717) is 5.69 Å². The number of carbonyl (C=O) groups excluding carboxylic acids is 1. The minimum Gasteiger partial charge on any atom is -0.495 e. The Labute approximate surface area is 204 Å². The Morgan fingerprint density at radius 2 is 1.64 bits per heavy atom. The van der Waals surface area contributed by atoms with E-state index in [-0.39, 0.29) is 26.4 Å². The Morgan fingerprint density at radius 1 is 0.970 bits per heavy atom. The molecule has 0 aliphatic heterocycles. The quantitative estimate of drug-likeness (QED) is 0.441. The number of methoxy groups -OCH3 is 1. The number of benzene rings is 3. The summed E-state index contributed by atoms with van der Waals surface area (Å²) in [5, 5.41) is 3.12. The lowest BCUT2D eigenvalue weighted by atomic mass is 10.1. The van der Waals surface area contributed by atoms with Gasteiger partial charge in [0.15, 0.2) is 0 Å². The first kappa shape index (κ1) is 24.9. The number of aryl methyl sites for hydroxylation is 3. The Morgan fingerprint density at radius 3 is 2.24 bits per heavy atom. The molecule has 33 heavy (non-hydrogen) atoms.